The first-order chi connectivity index (χ1) is 12.4. The summed E-state index contributed by atoms with van der Waals surface area (Å²) in [6.07, 6.45) is 1.42. The Balaban J connectivity index is 2.15. The summed E-state index contributed by atoms with van der Waals surface area (Å²) < 4.78 is 5.48. The highest BCUT2D eigenvalue weighted by atomic mass is 35.5. The average molecular weight is 394 g/mol. The van der Waals surface area contributed by atoms with Crippen molar-refractivity contribution in [2.45, 2.75) is 13.8 Å². The van der Waals surface area contributed by atoms with Gasteiger partial charge in [0.25, 0.3) is 5.91 Å². The predicted octanol–water partition coefficient (Wildman–Crippen LogP) is 4.11. The molecule has 0 aromatic heterocycles. The largest absolute Gasteiger partial charge is 0.493 e. The van der Waals surface area contributed by atoms with Crippen LogP contribution >= 0.6 is 23.2 Å². The molecule has 0 saturated carbocycles. The number of carbonyl (C=O) groups excluding carboxylic acids is 2. The third-order valence-corrected chi connectivity index (χ3v) is 3.74. The third kappa shape index (κ3) is 5.47. The molecular weight excluding hydrogens is 377 g/mol. The topological polar surface area (TPSA) is 79.8 Å². The molecule has 0 aliphatic heterocycles. The van der Waals surface area contributed by atoms with Gasteiger partial charge in [0.1, 0.15) is 5.75 Å². The molecule has 0 fully saturated rings. The van der Waals surface area contributed by atoms with E-state index in [2.05, 4.69) is 15.8 Å². The van der Waals surface area contributed by atoms with E-state index in [0.29, 0.717) is 39.2 Å². The molecule has 0 spiro atoms. The molecule has 0 radical (unpaired) electrons. The monoisotopic (exact) mass is 393 g/mol. The Bertz CT molecular complexity index is 854. The Kier molecular flexibility index (Phi) is 7.00. The van der Waals surface area contributed by atoms with Crippen LogP contribution in [0, 0.1) is 0 Å². The number of hydrogen-bond acceptors (Lipinski definition) is 4. The standard InChI is InChI=1S/C18H17Cl2N3O3/c1-3-26-17-9-14(22-11(2)24)6-7-15(17)18(25)23-21-10-12-4-5-13(19)8-16(12)20/h4-10H,3H2,1-2H3,(H,22,24)(H,23,25). The Hall–Kier alpha value is -2.57. The second-order valence-corrected chi connectivity index (χ2v) is 6.03. The van der Waals surface area contributed by atoms with E-state index in [9.17, 15) is 9.59 Å². The minimum absolute atomic E-state index is 0.214. The SMILES string of the molecule is CCOc1cc(NC(C)=O)ccc1C(=O)NN=Cc1ccc(Cl)cc1Cl. The van der Waals surface area contributed by atoms with Crippen LogP contribution in [-0.4, -0.2) is 24.6 Å². The molecule has 0 unspecified atom stereocenters. The second kappa shape index (κ2) is 9.22. The fourth-order valence-corrected chi connectivity index (χ4v) is 2.55. The number of amides is 2. The van der Waals surface area contributed by atoms with Crippen LogP contribution in [0.15, 0.2) is 41.5 Å². The van der Waals surface area contributed by atoms with Gasteiger partial charge in [-0.05, 0) is 31.2 Å². The van der Waals surface area contributed by atoms with Gasteiger partial charge in [0.15, 0.2) is 0 Å². The van der Waals surface area contributed by atoms with E-state index in [1.165, 1.54) is 13.1 Å². The maximum Gasteiger partial charge on any atom is 0.275 e. The van der Waals surface area contributed by atoms with Crippen molar-refractivity contribution in [3.8, 4) is 5.75 Å². The first-order valence-electron chi connectivity index (χ1n) is 7.73. The lowest BCUT2D eigenvalue weighted by Gasteiger charge is -2.11. The molecule has 6 nitrogen and oxygen atoms in total. The second-order valence-electron chi connectivity index (χ2n) is 5.19. The normalized spacial score (nSPS) is 10.6. The van der Waals surface area contributed by atoms with Crippen LogP contribution in [0.25, 0.3) is 0 Å². The summed E-state index contributed by atoms with van der Waals surface area (Å²) in [5, 5.41) is 7.47. The maximum atomic E-state index is 12.4. The molecule has 8 heteroatoms. The molecule has 0 atom stereocenters. The zero-order valence-electron chi connectivity index (χ0n) is 14.2. The molecule has 2 N–H and O–H groups in total. The van der Waals surface area contributed by atoms with Crippen molar-refractivity contribution < 1.29 is 14.3 Å². The van der Waals surface area contributed by atoms with E-state index < -0.39 is 5.91 Å². The molecule has 2 rings (SSSR count). The number of ether oxygens (including phenoxy) is 1. The summed E-state index contributed by atoms with van der Waals surface area (Å²) in [5.74, 6) is -0.325. The van der Waals surface area contributed by atoms with Crippen LogP contribution in [0.2, 0.25) is 10.0 Å². The van der Waals surface area contributed by atoms with E-state index in [1.54, 1.807) is 43.3 Å². The van der Waals surface area contributed by atoms with Crippen molar-refractivity contribution in [1.82, 2.24) is 5.43 Å². The number of hydrogen-bond donors (Lipinski definition) is 2. The third-order valence-electron chi connectivity index (χ3n) is 3.18. The lowest BCUT2D eigenvalue weighted by atomic mass is 10.1. The zero-order valence-corrected chi connectivity index (χ0v) is 15.7. The highest BCUT2D eigenvalue weighted by Gasteiger charge is 2.13. The van der Waals surface area contributed by atoms with E-state index in [-0.39, 0.29) is 5.91 Å². The molecule has 2 amide bonds. The Morgan fingerprint density at radius 2 is 1.96 bits per heavy atom. The fraction of sp³-hybridized carbons (Fsp3) is 0.167. The van der Waals surface area contributed by atoms with Gasteiger partial charge in [-0.1, -0.05) is 29.3 Å². The van der Waals surface area contributed by atoms with Gasteiger partial charge in [0.2, 0.25) is 5.91 Å². The number of halogens is 2. The van der Waals surface area contributed by atoms with Gasteiger partial charge < -0.3 is 10.1 Å². The van der Waals surface area contributed by atoms with Crippen molar-refractivity contribution in [3.63, 3.8) is 0 Å². The fourth-order valence-electron chi connectivity index (χ4n) is 2.09. The molecule has 136 valence electrons. The highest BCUT2D eigenvalue weighted by Crippen LogP contribution is 2.24. The molecule has 0 saturated heterocycles. The summed E-state index contributed by atoms with van der Waals surface area (Å²) in [4.78, 5) is 23.5. The van der Waals surface area contributed by atoms with Crippen molar-refractivity contribution in [2.24, 2.45) is 5.10 Å². The van der Waals surface area contributed by atoms with E-state index in [4.69, 9.17) is 27.9 Å². The summed E-state index contributed by atoms with van der Waals surface area (Å²) in [6.45, 7) is 3.57. The van der Waals surface area contributed by atoms with Gasteiger partial charge in [0, 0.05) is 29.3 Å². The predicted molar refractivity (Wildman–Crippen MR) is 103 cm³/mol. The molecule has 0 heterocycles. The van der Waals surface area contributed by atoms with Crippen LogP contribution in [0.1, 0.15) is 29.8 Å². The Morgan fingerprint density at radius 1 is 1.19 bits per heavy atom. The van der Waals surface area contributed by atoms with E-state index >= 15 is 0 Å². The molecule has 0 bridgehead atoms. The number of carbonyl (C=O) groups is 2. The quantitative estimate of drug-likeness (QED) is 0.572. The average Bonchev–Trinajstić information content (AvgIpc) is 2.56. The van der Waals surface area contributed by atoms with E-state index in [0.717, 1.165) is 0 Å². The first-order valence-corrected chi connectivity index (χ1v) is 8.49. The van der Waals surface area contributed by atoms with Gasteiger partial charge in [-0.3, -0.25) is 9.59 Å². The number of nitrogens with zero attached hydrogens (tertiary/aromatic N) is 1. The molecule has 2 aromatic rings. The summed E-state index contributed by atoms with van der Waals surface area (Å²) in [5.41, 5.74) is 3.86. The smallest absolute Gasteiger partial charge is 0.275 e. The first kappa shape index (κ1) is 19.8. The number of hydrazone groups is 1. The van der Waals surface area contributed by atoms with Crippen molar-refractivity contribution in [2.75, 3.05) is 11.9 Å². The lowest BCUT2D eigenvalue weighted by molar-refractivity contribution is -0.114. The number of nitrogens with one attached hydrogen (secondary N) is 2. The lowest BCUT2D eigenvalue weighted by Crippen LogP contribution is -2.19. The van der Waals surface area contributed by atoms with Crippen molar-refractivity contribution in [3.05, 3.63) is 57.6 Å². The van der Waals surface area contributed by atoms with Gasteiger partial charge >= 0.3 is 0 Å². The summed E-state index contributed by atoms with van der Waals surface area (Å²) in [7, 11) is 0. The molecule has 0 aliphatic rings. The van der Waals surface area contributed by atoms with Crippen molar-refractivity contribution in [1.29, 1.82) is 0 Å². The maximum absolute atomic E-state index is 12.4. The molecule has 2 aromatic carbocycles. The summed E-state index contributed by atoms with van der Waals surface area (Å²) in [6, 6.07) is 9.69. The molecule has 0 aliphatic carbocycles. The van der Waals surface area contributed by atoms with Crippen LogP contribution in [-0.2, 0) is 4.79 Å². The minimum atomic E-state index is -0.454. The van der Waals surface area contributed by atoms with E-state index in [1.807, 2.05) is 0 Å². The zero-order chi connectivity index (χ0) is 19.1. The van der Waals surface area contributed by atoms with Gasteiger partial charge in [-0.25, -0.2) is 5.43 Å². The van der Waals surface area contributed by atoms with Crippen LogP contribution in [0.4, 0.5) is 5.69 Å². The molecular formula is C18H17Cl2N3O3. The number of benzene rings is 2. The van der Waals surface area contributed by atoms with Crippen molar-refractivity contribution >= 4 is 46.9 Å². The van der Waals surface area contributed by atoms with Crippen LogP contribution in [0.3, 0.4) is 0 Å². The van der Waals surface area contributed by atoms with Crippen LogP contribution in [0.5, 0.6) is 5.75 Å². The number of anilines is 1. The summed E-state index contributed by atoms with van der Waals surface area (Å²) >= 11 is 11.9. The van der Waals surface area contributed by atoms with Gasteiger partial charge in [-0.15, -0.1) is 0 Å². The van der Waals surface area contributed by atoms with Gasteiger partial charge in [0.05, 0.1) is 23.4 Å². The molecule has 26 heavy (non-hydrogen) atoms. The van der Waals surface area contributed by atoms with Crippen LogP contribution < -0.4 is 15.5 Å². The Morgan fingerprint density at radius 3 is 2.62 bits per heavy atom. The number of rotatable bonds is 6. The van der Waals surface area contributed by atoms with Gasteiger partial charge in [-0.2, -0.15) is 5.10 Å². The Labute approximate surface area is 161 Å². The minimum Gasteiger partial charge on any atom is -0.493 e. The highest BCUT2D eigenvalue weighted by molar-refractivity contribution is 6.36.